The Hall–Kier alpha value is -8.83. The van der Waals surface area contributed by atoms with Crippen molar-refractivity contribution >= 4 is 88.5 Å². The summed E-state index contributed by atoms with van der Waals surface area (Å²) in [5, 5.41) is 32.1. The minimum absolute atomic E-state index is 0.0369. The second-order valence-electron chi connectivity index (χ2n) is 30.0. The van der Waals surface area contributed by atoms with Crippen LogP contribution in [-0.4, -0.2) is 185 Å². The van der Waals surface area contributed by atoms with Crippen LogP contribution in [0.1, 0.15) is 195 Å². The molecule has 0 bridgehead atoms. The maximum atomic E-state index is 15.0. The summed E-state index contributed by atoms with van der Waals surface area (Å²) < 4.78 is 5.96. The lowest BCUT2D eigenvalue weighted by Gasteiger charge is -2.33. The number of esters is 1. The number of hydrogen-bond donors (Lipinski definition) is 13. The average Bonchev–Trinajstić information content (AvgIpc) is 1.79. The minimum atomic E-state index is -1.83. The monoisotopic (exact) mass is 1470 g/mol. The highest BCUT2D eigenvalue weighted by atomic mass is 16.5. The first-order valence-electron chi connectivity index (χ1n) is 37.3. The van der Waals surface area contributed by atoms with Crippen molar-refractivity contribution in [3.63, 3.8) is 0 Å². The smallest absolute Gasteiger partial charge is 0.329 e. The van der Waals surface area contributed by atoms with Gasteiger partial charge < -0.3 is 79.2 Å². The Labute approximate surface area is 619 Å². The third-order valence-corrected chi connectivity index (χ3v) is 19.2. The van der Waals surface area contributed by atoms with Gasteiger partial charge in [0.05, 0.1) is 0 Å². The van der Waals surface area contributed by atoms with E-state index in [-0.39, 0.29) is 63.2 Å². The molecule has 13 amide bonds. The molecule has 1 aromatic carbocycles. The molecule has 0 unspecified atom stereocenters. The highest BCUT2D eigenvalue weighted by molar-refractivity contribution is 6.09. The first-order chi connectivity index (χ1) is 49.2. The van der Waals surface area contributed by atoms with Crippen LogP contribution in [0.5, 0.6) is 0 Å². The van der Waals surface area contributed by atoms with Crippen LogP contribution < -0.4 is 69.5 Å². The van der Waals surface area contributed by atoms with Crippen LogP contribution in [-0.2, 0) is 83.1 Å². The molecular weight excluding hydrogens is 1350 g/mol. The van der Waals surface area contributed by atoms with Crippen molar-refractivity contribution in [1.82, 2.24) is 68.7 Å². The number of nitrogens with zero attached hydrogens (tertiary/aromatic N) is 1. The van der Waals surface area contributed by atoms with Crippen molar-refractivity contribution in [3.8, 4) is 0 Å². The van der Waals surface area contributed by atoms with Crippen LogP contribution in [0.3, 0.4) is 0 Å². The maximum Gasteiger partial charge on any atom is 0.329 e. The number of carbonyl (C=O) groups excluding carboxylic acids is 15. The van der Waals surface area contributed by atoms with Gasteiger partial charge in [0.1, 0.15) is 78.3 Å². The number of hydrogen-bond acceptors (Lipinski definition) is 17. The molecule has 2 saturated heterocycles. The summed E-state index contributed by atoms with van der Waals surface area (Å²) in [6, 6.07) is -8.00. The number of allylic oxidation sites excluding steroid dienone is 1. The number of amides is 13. The predicted octanol–water partition coefficient (Wildman–Crippen LogP) is 2.04. The molecule has 0 aromatic heterocycles. The normalized spacial score (nSPS) is 22.2. The van der Waals surface area contributed by atoms with E-state index in [0.29, 0.717) is 30.7 Å². The number of nitrogens with one attached hydrogen (secondary N) is 12. The molecular formula is C75H122N14O16. The van der Waals surface area contributed by atoms with E-state index in [0.717, 1.165) is 13.3 Å². The quantitative estimate of drug-likeness (QED) is 0.0272. The molecule has 30 heteroatoms. The predicted molar refractivity (Wildman–Crippen MR) is 394 cm³/mol. The fourth-order valence-corrected chi connectivity index (χ4v) is 12.1. The lowest BCUT2D eigenvalue weighted by Crippen LogP contribution is -2.64. The summed E-state index contributed by atoms with van der Waals surface area (Å²) in [7, 11) is 0. The van der Waals surface area contributed by atoms with Gasteiger partial charge in [-0.15, -0.1) is 0 Å². The molecule has 2 fully saturated rings. The summed E-state index contributed by atoms with van der Waals surface area (Å²) in [6.45, 7) is 31.4. The van der Waals surface area contributed by atoms with Gasteiger partial charge in [0.15, 0.2) is 11.8 Å². The molecule has 3 rings (SSSR count). The van der Waals surface area contributed by atoms with Gasteiger partial charge in [-0.3, -0.25) is 67.1 Å². The molecule has 15 atom stereocenters. The lowest BCUT2D eigenvalue weighted by atomic mass is 9.95. The van der Waals surface area contributed by atoms with Crippen LogP contribution in [0.15, 0.2) is 42.1 Å². The zero-order valence-electron chi connectivity index (χ0n) is 65.1. The van der Waals surface area contributed by atoms with Crippen LogP contribution in [0, 0.1) is 47.3 Å². The van der Waals surface area contributed by atoms with Crippen molar-refractivity contribution < 1.29 is 76.7 Å². The van der Waals surface area contributed by atoms with Gasteiger partial charge in [-0.25, -0.2) is 4.79 Å². The van der Waals surface area contributed by atoms with Crippen molar-refractivity contribution in [2.75, 3.05) is 13.1 Å². The molecule has 105 heavy (non-hydrogen) atoms. The zero-order valence-corrected chi connectivity index (χ0v) is 65.1. The number of carbonyl (C=O) groups is 15. The fourth-order valence-electron chi connectivity index (χ4n) is 12.1. The van der Waals surface area contributed by atoms with E-state index in [4.69, 9.17) is 10.5 Å². The topological polar surface area (TPSA) is 439 Å². The molecule has 0 spiro atoms. The largest absolute Gasteiger partial charge is 0.458 e. The first-order valence-corrected chi connectivity index (χ1v) is 37.3. The number of Topliss-reactive ketones (excluding diaryl/α,β-unsaturated/α-hetero) is 1. The number of rotatable bonds is 33. The summed E-state index contributed by atoms with van der Waals surface area (Å²) in [5.74, 6) is -16.2. The Bertz CT molecular complexity index is 3210. The van der Waals surface area contributed by atoms with E-state index in [1.807, 2.05) is 13.8 Å². The molecule has 14 N–H and O–H groups in total. The Morgan fingerprint density at radius 3 is 1.71 bits per heavy atom. The summed E-state index contributed by atoms with van der Waals surface area (Å²) in [6.07, 6.45) is 2.40. The van der Waals surface area contributed by atoms with Crippen molar-refractivity contribution in [2.24, 2.45) is 53.1 Å². The molecule has 2 aliphatic heterocycles. The molecule has 0 radical (unpaired) electrons. The third kappa shape index (κ3) is 27.5. The van der Waals surface area contributed by atoms with Crippen LogP contribution in [0.2, 0.25) is 0 Å². The number of ketones is 1. The van der Waals surface area contributed by atoms with E-state index in [1.54, 1.807) is 127 Å². The van der Waals surface area contributed by atoms with Crippen molar-refractivity contribution in [2.45, 2.75) is 274 Å². The van der Waals surface area contributed by atoms with Crippen molar-refractivity contribution in [1.29, 1.82) is 0 Å². The molecule has 588 valence electrons. The van der Waals surface area contributed by atoms with Gasteiger partial charge in [0.25, 0.3) is 11.8 Å². The standard InChI is InChI=1S/C75H122N14O16/c1-20-44(16)59(71(100)88-62-47(19)105-75(104)58(43(14)15)84-63(92)49(22-3)77-65(94)51(37-48-30-24-23-25-31-48)79-67(96)55(40(8)9)81-70(99)60(45(17)21-2)86-73(62)102)85-64(93)50(32-27-35-76)78-66(95)52-33-28-36-89(52)74(103)57(42(12)13)83-69(98)56(41(10)11)82-72(101)61(46(18)90)87-68(97)54(39(6)7)80-53(91)34-26-29-38(4)5/h22-25,30-31,38-45,47,50-52,54-62H,20-21,26-29,32-37,76H2,1-19H3,(H,77,94)(H,78,95)(H,79,96)(H,80,91)(H,81,99)(H,82,101)(H,83,98)(H,84,92)(H,85,93)(H,86,102)(H,87,97)(H,88,100)/b49-22-/t44-,45-,47+,50-,51-,52+,54-,55+,56+,57-,58-,59+,60+,61+,62+/m0/s1. The third-order valence-electron chi connectivity index (χ3n) is 19.2. The molecule has 0 saturated carbocycles. The number of likely N-dealkylation sites (tertiary alicyclic amines) is 1. The molecule has 30 nitrogen and oxygen atoms in total. The van der Waals surface area contributed by atoms with Gasteiger partial charge in [0, 0.05) is 19.4 Å². The Balaban J connectivity index is 2.00. The van der Waals surface area contributed by atoms with Crippen LogP contribution in [0.4, 0.5) is 0 Å². The van der Waals surface area contributed by atoms with Gasteiger partial charge >= 0.3 is 5.97 Å². The summed E-state index contributed by atoms with van der Waals surface area (Å²) >= 11 is 0. The van der Waals surface area contributed by atoms with E-state index < -0.39 is 203 Å². The molecule has 1 aromatic rings. The molecule has 2 heterocycles. The molecule has 0 aliphatic carbocycles. The maximum absolute atomic E-state index is 15.0. The Kier molecular flexibility index (Phi) is 37.5. The Morgan fingerprint density at radius 2 is 1.17 bits per heavy atom. The summed E-state index contributed by atoms with van der Waals surface area (Å²) in [4.78, 5) is 215. The number of cyclic esters (lactones) is 1. The first kappa shape index (κ1) is 90.4. The fraction of sp³-hybridized carbons (Fsp3) is 0.693. The highest BCUT2D eigenvalue weighted by Gasteiger charge is 2.44. The van der Waals surface area contributed by atoms with E-state index in [9.17, 15) is 62.3 Å². The van der Waals surface area contributed by atoms with E-state index in [2.05, 4.69) is 63.8 Å². The van der Waals surface area contributed by atoms with Gasteiger partial charge in [-0.1, -0.05) is 166 Å². The zero-order chi connectivity index (χ0) is 79.4. The lowest BCUT2D eigenvalue weighted by molar-refractivity contribution is -0.157. The number of nitrogens with two attached hydrogens (primary N) is 1. The molecule has 2 aliphatic rings. The minimum Gasteiger partial charge on any atom is -0.458 e. The average molecular weight is 1480 g/mol. The number of benzene rings is 1. The SMILES string of the molecule is C/C=C1\NC(=O)[C@H](Cc2ccccc2)NC(=O)[C@@H](C(C)C)NC(=O)[C@@H]([C@@H](C)CC)NC(=O)[C@H](NC(=O)[C@H](NC(=O)[C@H](CCCN)NC(=O)[C@H]2CCCN2C(=O)[C@@H](NC(=O)[C@H](NC(=O)[C@H](NC(=O)[C@@H](NC(=O)CCCC(C)C)C(C)C)C(C)=O)C(C)C)C(C)C)[C@@H](C)CC)[C@@H](C)OC(=O)[C@H](C(C)C)NC1=O. The van der Waals surface area contributed by atoms with E-state index in [1.165, 1.54) is 24.8 Å². The van der Waals surface area contributed by atoms with Gasteiger partial charge in [-0.05, 0) is 112 Å². The van der Waals surface area contributed by atoms with Crippen LogP contribution >= 0.6 is 0 Å². The second-order valence-corrected chi connectivity index (χ2v) is 30.0. The van der Waals surface area contributed by atoms with E-state index >= 15 is 9.59 Å². The number of ether oxygens (including phenoxy) is 1. The summed E-state index contributed by atoms with van der Waals surface area (Å²) in [5.41, 5.74) is 6.33. The van der Waals surface area contributed by atoms with Gasteiger partial charge in [-0.2, -0.15) is 0 Å². The highest BCUT2D eigenvalue weighted by Crippen LogP contribution is 2.23. The van der Waals surface area contributed by atoms with Crippen molar-refractivity contribution in [3.05, 3.63) is 47.7 Å². The second kappa shape index (κ2) is 43.6. The Morgan fingerprint density at radius 1 is 0.610 bits per heavy atom. The van der Waals surface area contributed by atoms with Crippen LogP contribution in [0.25, 0.3) is 0 Å². The van der Waals surface area contributed by atoms with Gasteiger partial charge in [0.2, 0.25) is 65.0 Å².